The number of halogens is 2. The van der Waals surface area contributed by atoms with E-state index in [1.807, 2.05) is 43.4 Å². The van der Waals surface area contributed by atoms with E-state index < -0.39 is 0 Å². The second kappa shape index (κ2) is 9.33. The lowest BCUT2D eigenvalue weighted by Crippen LogP contribution is -2.04. The monoisotopic (exact) mass is 365 g/mol. The molecule has 0 aliphatic carbocycles. The summed E-state index contributed by atoms with van der Waals surface area (Å²) in [5.74, 6) is 1.39. The quantitative estimate of drug-likeness (QED) is 0.718. The average Bonchev–Trinajstić information content (AvgIpc) is 2.54. The molecule has 0 amide bonds. The lowest BCUT2D eigenvalue weighted by Gasteiger charge is -2.08. The van der Waals surface area contributed by atoms with Crippen LogP contribution in [0.3, 0.4) is 0 Å². The molecule has 0 aliphatic heterocycles. The number of hydrogen-bond donors (Lipinski definition) is 2. The molecule has 0 aliphatic rings. The van der Waals surface area contributed by atoms with E-state index in [-0.39, 0.29) is 24.8 Å². The molecule has 3 N–H and O–H groups in total. The highest BCUT2D eigenvalue weighted by molar-refractivity contribution is 5.85. The normalized spacial score (nSPS) is 9.88. The number of ether oxygens (including phenoxy) is 1. The third-order valence-corrected chi connectivity index (χ3v) is 3.49. The van der Waals surface area contributed by atoms with E-state index >= 15 is 0 Å². The zero-order valence-corrected chi connectivity index (χ0v) is 15.0. The van der Waals surface area contributed by atoms with E-state index in [2.05, 4.69) is 28.5 Å². The maximum atomic E-state index is 5.82. The van der Waals surface area contributed by atoms with Crippen molar-refractivity contribution in [2.75, 3.05) is 12.8 Å². The van der Waals surface area contributed by atoms with Crippen LogP contribution < -0.4 is 15.8 Å². The molecule has 1 aromatic heterocycles. The molecule has 1 heterocycles. The van der Waals surface area contributed by atoms with Crippen LogP contribution in [0.5, 0.6) is 5.75 Å². The molecule has 0 saturated carbocycles. The van der Waals surface area contributed by atoms with Crippen LogP contribution in [0, 0.1) is 0 Å². The van der Waals surface area contributed by atoms with Crippen molar-refractivity contribution in [3.8, 4) is 5.75 Å². The van der Waals surface area contributed by atoms with Gasteiger partial charge in [0.05, 0.1) is 5.52 Å². The maximum absolute atomic E-state index is 5.82. The number of nitrogen functional groups attached to an aromatic ring is 1. The Morgan fingerprint density at radius 3 is 2.33 bits per heavy atom. The van der Waals surface area contributed by atoms with E-state index in [4.69, 9.17) is 10.5 Å². The summed E-state index contributed by atoms with van der Waals surface area (Å²) in [6.45, 7) is 1.37. The summed E-state index contributed by atoms with van der Waals surface area (Å²) in [6.07, 6.45) is 0. The summed E-state index contributed by atoms with van der Waals surface area (Å²) in [5.41, 5.74) is 8.93. The number of nitrogens with two attached hydrogens (primary N) is 1. The number of nitrogens with one attached hydrogen (secondary N) is 1. The maximum Gasteiger partial charge on any atom is 0.124 e. The van der Waals surface area contributed by atoms with Gasteiger partial charge >= 0.3 is 0 Å². The van der Waals surface area contributed by atoms with Gasteiger partial charge < -0.3 is 15.8 Å². The van der Waals surface area contributed by atoms with Crippen molar-refractivity contribution in [2.24, 2.45) is 0 Å². The largest absolute Gasteiger partial charge is 0.489 e. The highest BCUT2D eigenvalue weighted by atomic mass is 35.5. The summed E-state index contributed by atoms with van der Waals surface area (Å²) in [6, 6.07) is 18.0. The van der Waals surface area contributed by atoms with E-state index in [9.17, 15) is 0 Å². The van der Waals surface area contributed by atoms with Crippen LogP contribution in [-0.2, 0) is 13.2 Å². The molecule has 0 atom stereocenters. The average molecular weight is 366 g/mol. The van der Waals surface area contributed by atoms with Crippen molar-refractivity contribution < 1.29 is 4.74 Å². The first kappa shape index (κ1) is 20.0. The molecular formula is C18H21Cl2N3O. The van der Waals surface area contributed by atoms with Crippen molar-refractivity contribution in [2.45, 2.75) is 13.2 Å². The number of anilines is 1. The smallest absolute Gasteiger partial charge is 0.124 e. The van der Waals surface area contributed by atoms with E-state index in [1.165, 1.54) is 5.56 Å². The Morgan fingerprint density at radius 1 is 0.958 bits per heavy atom. The molecule has 0 fully saturated rings. The number of aromatic nitrogens is 1. The third kappa shape index (κ3) is 4.99. The third-order valence-electron chi connectivity index (χ3n) is 3.49. The molecule has 6 heteroatoms. The van der Waals surface area contributed by atoms with Crippen LogP contribution in [0.2, 0.25) is 0 Å². The van der Waals surface area contributed by atoms with Gasteiger partial charge in [-0.05, 0) is 48.5 Å². The second-order valence-corrected chi connectivity index (χ2v) is 5.23. The zero-order valence-electron chi connectivity index (χ0n) is 13.4. The van der Waals surface area contributed by atoms with Gasteiger partial charge in [-0.2, -0.15) is 0 Å². The number of rotatable bonds is 5. The summed E-state index contributed by atoms with van der Waals surface area (Å²) >= 11 is 0. The minimum atomic E-state index is 0. The van der Waals surface area contributed by atoms with Crippen molar-refractivity contribution >= 4 is 41.5 Å². The summed E-state index contributed by atoms with van der Waals surface area (Å²) < 4.78 is 5.82. The van der Waals surface area contributed by atoms with Crippen molar-refractivity contribution in [1.29, 1.82) is 0 Å². The Labute approximate surface area is 154 Å². The zero-order chi connectivity index (χ0) is 15.4. The summed E-state index contributed by atoms with van der Waals surface area (Å²) in [7, 11) is 1.94. The highest BCUT2D eigenvalue weighted by Crippen LogP contribution is 2.18. The Bertz CT molecular complexity index is 779. The van der Waals surface area contributed by atoms with Gasteiger partial charge in [0.25, 0.3) is 0 Å². The molecule has 0 unspecified atom stereocenters. The summed E-state index contributed by atoms with van der Waals surface area (Å²) in [5, 5.41) is 4.20. The molecule has 3 rings (SSSR count). The van der Waals surface area contributed by atoms with Crippen LogP contribution in [0.25, 0.3) is 10.9 Å². The predicted octanol–water partition coefficient (Wildman–Crippen LogP) is 3.96. The van der Waals surface area contributed by atoms with Crippen LogP contribution in [-0.4, -0.2) is 12.0 Å². The lowest BCUT2D eigenvalue weighted by molar-refractivity contribution is 0.306. The summed E-state index contributed by atoms with van der Waals surface area (Å²) in [4.78, 5) is 4.34. The number of fused-ring (bicyclic) bond motifs is 1. The molecule has 2 aromatic carbocycles. The first-order valence-electron chi connectivity index (χ1n) is 7.26. The Balaban J connectivity index is 0.00000144. The van der Waals surface area contributed by atoms with E-state index in [1.54, 1.807) is 0 Å². The Hall–Kier alpha value is -2.01. The van der Waals surface area contributed by atoms with Crippen LogP contribution in [0.15, 0.2) is 54.6 Å². The number of nitrogens with zero attached hydrogens (tertiary/aromatic N) is 1. The minimum Gasteiger partial charge on any atom is -0.489 e. The van der Waals surface area contributed by atoms with Gasteiger partial charge in [-0.25, -0.2) is 4.98 Å². The van der Waals surface area contributed by atoms with Gasteiger partial charge in [-0.1, -0.05) is 24.3 Å². The second-order valence-electron chi connectivity index (χ2n) is 5.23. The van der Waals surface area contributed by atoms with Gasteiger partial charge in [0, 0.05) is 11.9 Å². The van der Waals surface area contributed by atoms with Gasteiger partial charge in [-0.15, -0.1) is 24.8 Å². The van der Waals surface area contributed by atoms with Gasteiger partial charge in [0.1, 0.15) is 18.2 Å². The number of pyridine rings is 1. The molecule has 24 heavy (non-hydrogen) atoms. The highest BCUT2D eigenvalue weighted by Gasteiger charge is 2.01. The molecule has 4 nitrogen and oxygen atoms in total. The molecule has 0 radical (unpaired) electrons. The number of benzene rings is 2. The SMILES string of the molecule is CNCc1ccc(OCc2ccc3ccc(N)nc3c2)cc1.Cl.Cl. The van der Waals surface area contributed by atoms with Gasteiger partial charge in [0.2, 0.25) is 0 Å². The van der Waals surface area contributed by atoms with E-state index in [0.29, 0.717) is 12.4 Å². The molecular weight excluding hydrogens is 345 g/mol. The topological polar surface area (TPSA) is 60.2 Å². The first-order chi connectivity index (χ1) is 10.7. The fraction of sp³-hybridized carbons (Fsp3) is 0.167. The predicted molar refractivity (Wildman–Crippen MR) is 104 cm³/mol. The standard InChI is InChI=1S/C18H19N3O.2ClH/c1-20-11-13-3-7-16(8-4-13)22-12-14-2-5-15-6-9-18(19)21-17(15)10-14;;/h2-10,20H,11-12H2,1H3,(H2,19,21);2*1H. The molecule has 0 spiro atoms. The first-order valence-corrected chi connectivity index (χ1v) is 7.26. The molecule has 3 aromatic rings. The van der Waals surface area contributed by atoms with Crippen molar-refractivity contribution in [3.05, 3.63) is 65.7 Å². The molecule has 128 valence electrons. The van der Waals surface area contributed by atoms with Crippen molar-refractivity contribution in [3.63, 3.8) is 0 Å². The Kier molecular flexibility index (Phi) is 7.79. The van der Waals surface area contributed by atoms with Crippen LogP contribution in [0.4, 0.5) is 5.82 Å². The number of hydrogen-bond acceptors (Lipinski definition) is 4. The van der Waals surface area contributed by atoms with E-state index in [0.717, 1.165) is 28.8 Å². The van der Waals surface area contributed by atoms with Crippen LogP contribution >= 0.6 is 24.8 Å². The van der Waals surface area contributed by atoms with Gasteiger partial charge in [-0.3, -0.25) is 0 Å². The lowest BCUT2D eigenvalue weighted by atomic mass is 10.1. The van der Waals surface area contributed by atoms with Crippen LogP contribution in [0.1, 0.15) is 11.1 Å². The minimum absolute atomic E-state index is 0. The van der Waals surface area contributed by atoms with Crippen molar-refractivity contribution in [1.82, 2.24) is 10.3 Å². The molecule has 0 saturated heterocycles. The fourth-order valence-electron chi connectivity index (χ4n) is 2.34. The Morgan fingerprint density at radius 2 is 1.62 bits per heavy atom. The fourth-order valence-corrected chi connectivity index (χ4v) is 2.34. The van der Waals surface area contributed by atoms with Gasteiger partial charge in [0.15, 0.2) is 0 Å². The molecule has 0 bridgehead atoms.